The van der Waals surface area contributed by atoms with E-state index in [-0.39, 0.29) is 0 Å². The molecule has 0 bridgehead atoms. The number of carbonyl (C=O) groups is 1. The zero-order valence-electron chi connectivity index (χ0n) is 15.5. The number of hydrogen-bond donors (Lipinski definition) is 2. The number of aliphatic hydroxyl groups is 1. The lowest BCUT2D eigenvalue weighted by Gasteiger charge is -2.18. The Balaban J connectivity index is 1.74. The van der Waals surface area contributed by atoms with Crippen LogP contribution in [0.3, 0.4) is 0 Å². The second-order valence-corrected chi connectivity index (χ2v) is 7.39. The van der Waals surface area contributed by atoms with Crippen LogP contribution in [-0.2, 0) is 0 Å². The van der Waals surface area contributed by atoms with Gasteiger partial charge in [-0.2, -0.15) is 8.78 Å². The standard InChI is InChI=1S/C22H17F4NO2S/c23-17-2-1-3-18(24)20(17)21(29)27-19(12-28)15-6-4-13(5-7-15)14-8-10-16(11-9-14)30-22(25)26/h1-11,19,22,28H,12H2,(H,27,29). The molecule has 0 aliphatic rings. The van der Waals surface area contributed by atoms with Crippen LogP contribution in [-0.4, -0.2) is 23.4 Å². The molecule has 8 heteroatoms. The number of aliphatic hydroxyl groups excluding tert-OH is 1. The number of rotatable bonds is 7. The summed E-state index contributed by atoms with van der Waals surface area (Å²) in [6.07, 6.45) is 0. The molecule has 2 N–H and O–H groups in total. The molecular formula is C22H17F4NO2S. The van der Waals surface area contributed by atoms with E-state index < -0.39 is 41.5 Å². The number of hydrogen-bond acceptors (Lipinski definition) is 3. The Morgan fingerprint density at radius 1 is 0.900 bits per heavy atom. The van der Waals surface area contributed by atoms with Gasteiger partial charge < -0.3 is 10.4 Å². The lowest BCUT2D eigenvalue weighted by atomic mass is 10.0. The van der Waals surface area contributed by atoms with Crippen molar-refractivity contribution in [3.05, 3.63) is 89.5 Å². The number of alkyl halides is 2. The molecule has 3 aromatic rings. The van der Waals surface area contributed by atoms with Crippen LogP contribution >= 0.6 is 11.8 Å². The number of thioether (sulfide) groups is 1. The van der Waals surface area contributed by atoms with Crippen LogP contribution in [0.5, 0.6) is 0 Å². The number of carbonyl (C=O) groups excluding carboxylic acids is 1. The highest BCUT2D eigenvalue weighted by Gasteiger charge is 2.21. The minimum absolute atomic E-state index is 0.453. The summed E-state index contributed by atoms with van der Waals surface area (Å²) in [7, 11) is 0. The zero-order valence-corrected chi connectivity index (χ0v) is 16.3. The fourth-order valence-electron chi connectivity index (χ4n) is 2.92. The lowest BCUT2D eigenvalue weighted by Crippen LogP contribution is -2.32. The molecule has 0 saturated heterocycles. The van der Waals surface area contributed by atoms with E-state index in [9.17, 15) is 27.5 Å². The molecule has 0 aromatic heterocycles. The van der Waals surface area contributed by atoms with Crippen molar-refractivity contribution in [1.82, 2.24) is 5.32 Å². The van der Waals surface area contributed by atoms with E-state index in [1.54, 1.807) is 48.5 Å². The van der Waals surface area contributed by atoms with Crippen LogP contribution < -0.4 is 5.32 Å². The third-order valence-corrected chi connectivity index (χ3v) is 5.13. The molecule has 0 saturated carbocycles. The summed E-state index contributed by atoms with van der Waals surface area (Å²) in [6.45, 7) is -0.472. The predicted molar refractivity (Wildman–Crippen MR) is 107 cm³/mol. The summed E-state index contributed by atoms with van der Waals surface area (Å²) in [5.41, 5.74) is 1.43. The number of halogens is 4. The first-order chi connectivity index (χ1) is 14.4. The third-order valence-electron chi connectivity index (χ3n) is 4.40. The topological polar surface area (TPSA) is 49.3 Å². The monoisotopic (exact) mass is 435 g/mol. The third kappa shape index (κ3) is 5.20. The Hall–Kier alpha value is -2.84. The van der Waals surface area contributed by atoms with Crippen molar-refractivity contribution in [3.63, 3.8) is 0 Å². The fourth-order valence-corrected chi connectivity index (χ4v) is 3.42. The van der Waals surface area contributed by atoms with Crippen molar-refractivity contribution in [2.24, 2.45) is 0 Å². The van der Waals surface area contributed by atoms with Crippen LogP contribution in [0.4, 0.5) is 17.6 Å². The summed E-state index contributed by atoms with van der Waals surface area (Å²) in [5, 5.41) is 12.1. The van der Waals surface area contributed by atoms with Crippen molar-refractivity contribution < 1.29 is 27.5 Å². The Bertz CT molecular complexity index is 990. The smallest absolute Gasteiger partial charge is 0.288 e. The van der Waals surface area contributed by atoms with Gasteiger partial charge in [-0.05, 0) is 41.0 Å². The summed E-state index contributed by atoms with van der Waals surface area (Å²) >= 11 is 0.463. The van der Waals surface area contributed by atoms with Gasteiger partial charge in [-0.25, -0.2) is 8.78 Å². The van der Waals surface area contributed by atoms with Gasteiger partial charge in [0.25, 0.3) is 11.7 Å². The molecule has 30 heavy (non-hydrogen) atoms. The van der Waals surface area contributed by atoms with E-state index in [2.05, 4.69) is 5.32 Å². The molecular weight excluding hydrogens is 418 g/mol. The van der Waals surface area contributed by atoms with E-state index in [4.69, 9.17) is 0 Å². The summed E-state index contributed by atoms with van der Waals surface area (Å²) in [4.78, 5) is 12.7. The van der Waals surface area contributed by atoms with Gasteiger partial charge in [0.1, 0.15) is 17.2 Å². The molecule has 156 valence electrons. The Morgan fingerprint density at radius 2 is 1.43 bits per heavy atom. The van der Waals surface area contributed by atoms with Gasteiger partial charge >= 0.3 is 0 Å². The van der Waals surface area contributed by atoms with Crippen LogP contribution in [0.2, 0.25) is 0 Å². The first-order valence-corrected chi connectivity index (χ1v) is 9.78. The maximum atomic E-state index is 13.8. The van der Waals surface area contributed by atoms with Gasteiger partial charge in [0.15, 0.2) is 0 Å². The summed E-state index contributed by atoms with van der Waals surface area (Å²) in [6, 6.07) is 15.7. The van der Waals surface area contributed by atoms with Gasteiger partial charge in [-0.3, -0.25) is 4.79 Å². The second kappa shape index (κ2) is 9.77. The van der Waals surface area contributed by atoms with Gasteiger partial charge in [0, 0.05) is 4.90 Å². The van der Waals surface area contributed by atoms with E-state index >= 15 is 0 Å². The van der Waals surface area contributed by atoms with Crippen LogP contribution in [0.1, 0.15) is 22.0 Å². The van der Waals surface area contributed by atoms with Crippen molar-refractivity contribution in [2.75, 3.05) is 6.61 Å². The highest BCUT2D eigenvalue weighted by Crippen LogP contribution is 2.28. The minimum atomic E-state index is -2.49. The van der Waals surface area contributed by atoms with Crippen LogP contribution in [0.25, 0.3) is 11.1 Å². The van der Waals surface area contributed by atoms with E-state index in [0.717, 1.165) is 29.3 Å². The molecule has 0 heterocycles. The lowest BCUT2D eigenvalue weighted by molar-refractivity contribution is 0.0907. The normalized spacial score (nSPS) is 12.1. The number of benzene rings is 3. The van der Waals surface area contributed by atoms with Gasteiger partial charge in [0.05, 0.1) is 12.6 Å². The molecule has 0 spiro atoms. The van der Waals surface area contributed by atoms with E-state index in [1.165, 1.54) is 0 Å². The average Bonchev–Trinajstić information content (AvgIpc) is 2.72. The Labute approximate surface area is 174 Å². The van der Waals surface area contributed by atoms with Crippen LogP contribution in [0.15, 0.2) is 71.6 Å². The van der Waals surface area contributed by atoms with Crippen molar-refractivity contribution >= 4 is 17.7 Å². The van der Waals surface area contributed by atoms with Crippen molar-refractivity contribution in [2.45, 2.75) is 16.7 Å². The van der Waals surface area contributed by atoms with Crippen molar-refractivity contribution in [3.8, 4) is 11.1 Å². The molecule has 0 fully saturated rings. The predicted octanol–water partition coefficient (Wildman–Crippen LogP) is 5.41. The molecule has 0 radical (unpaired) electrons. The average molecular weight is 435 g/mol. The number of nitrogens with one attached hydrogen (secondary N) is 1. The summed E-state index contributed by atoms with van der Waals surface area (Å²) < 4.78 is 52.4. The molecule has 1 amide bonds. The first kappa shape index (κ1) is 21.9. The molecule has 0 aliphatic carbocycles. The Kier molecular flexibility index (Phi) is 7.12. The largest absolute Gasteiger partial charge is 0.394 e. The fraction of sp³-hybridized carbons (Fsp3) is 0.136. The molecule has 3 aromatic carbocycles. The SMILES string of the molecule is O=C(NC(CO)c1ccc(-c2ccc(SC(F)F)cc2)cc1)c1c(F)cccc1F. The Morgan fingerprint density at radius 3 is 1.93 bits per heavy atom. The van der Waals surface area contributed by atoms with Gasteiger partial charge in [-0.1, -0.05) is 54.2 Å². The molecule has 0 aliphatic heterocycles. The summed E-state index contributed by atoms with van der Waals surface area (Å²) in [5.74, 6) is -5.44. The highest BCUT2D eigenvalue weighted by atomic mass is 32.2. The van der Waals surface area contributed by atoms with Crippen LogP contribution in [0, 0.1) is 11.6 Å². The van der Waals surface area contributed by atoms with Gasteiger partial charge in [-0.15, -0.1) is 0 Å². The molecule has 1 unspecified atom stereocenters. The van der Waals surface area contributed by atoms with E-state index in [0.29, 0.717) is 22.2 Å². The van der Waals surface area contributed by atoms with Crippen molar-refractivity contribution in [1.29, 1.82) is 0 Å². The minimum Gasteiger partial charge on any atom is -0.394 e. The quantitative estimate of drug-likeness (QED) is 0.385. The number of amides is 1. The maximum Gasteiger partial charge on any atom is 0.288 e. The zero-order chi connectivity index (χ0) is 21.7. The maximum absolute atomic E-state index is 13.8. The molecule has 3 nitrogen and oxygen atoms in total. The van der Waals surface area contributed by atoms with E-state index in [1.807, 2.05) is 0 Å². The second-order valence-electron chi connectivity index (χ2n) is 6.33. The molecule has 1 atom stereocenters. The molecule has 3 rings (SSSR count). The highest BCUT2D eigenvalue weighted by molar-refractivity contribution is 7.99. The first-order valence-electron chi connectivity index (χ1n) is 8.90. The van der Waals surface area contributed by atoms with Gasteiger partial charge in [0.2, 0.25) is 0 Å².